The second-order valence-electron chi connectivity index (χ2n) is 3.68. The van der Waals surface area contributed by atoms with Crippen molar-refractivity contribution in [3.05, 3.63) is 35.4 Å². The summed E-state index contributed by atoms with van der Waals surface area (Å²) in [6, 6.07) is 9.26. The Morgan fingerprint density at radius 1 is 1.36 bits per heavy atom. The Morgan fingerprint density at radius 2 is 2.07 bits per heavy atom. The Labute approximate surface area is 93.3 Å². The number of hydrogen-bond acceptors (Lipinski definition) is 1. The first-order valence-electron chi connectivity index (χ1n) is 5.01. The third-order valence-electron chi connectivity index (χ3n) is 2.35. The van der Waals surface area contributed by atoms with Crippen LogP contribution in [0.5, 0.6) is 0 Å². The van der Waals surface area contributed by atoms with Crippen molar-refractivity contribution in [2.75, 3.05) is 0 Å². The summed E-state index contributed by atoms with van der Waals surface area (Å²) in [6.45, 7) is 7.53. The zero-order chi connectivity index (χ0) is 9.68. The Balaban J connectivity index is 0.00000169. The monoisotopic (exact) mass is 213 g/mol. The fraction of sp³-hybridized carbons (Fsp3) is 0.500. The molecule has 0 bridgehead atoms. The molecule has 0 aliphatic carbocycles. The Hall–Kier alpha value is -0.530. The van der Waals surface area contributed by atoms with E-state index in [4.69, 9.17) is 0 Å². The third-order valence-corrected chi connectivity index (χ3v) is 2.35. The molecule has 1 aromatic carbocycles. The SMILES string of the molecule is CCC(C)NCc1cccc(C)c1.Cl. The molecule has 2 heteroatoms. The van der Waals surface area contributed by atoms with Crippen molar-refractivity contribution in [1.82, 2.24) is 5.32 Å². The average molecular weight is 214 g/mol. The van der Waals surface area contributed by atoms with Crippen molar-refractivity contribution in [2.24, 2.45) is 0 Å². The maximum absolute atomic E-state index is 3.48. The van der Waals surface area contributed by atoms with Gasteiger partial charge in [-0.25, -0.2) is 0 Å². The summed E-state index contributed by atoms with van der Waals surface area (Å²) in [5.41, 5.74) is 2.71. The van der Waals surface area contributed by atoms with E-state index in [0.717, 1.165) is 6.54 Å². The number of halogens is 1. The lowest BCUT2D eigenvalue weighted by atomic mass is 10.1. The van der Waals surface area contributed by atoms with Crippen molar-refractivity contribution in [2.45, 2.75) is 39.8 Å². The van der Waals surface area contributed by atoms with Crippen molar-refractivity contribution in [3.63, 3.8) is 0 Å². The number of nitrogens with one attached hydrogen (secondary N) is 1. The molecule has 0 amide bonds. The van der Waals surface area contributed by atoms with Gasteiger partial charge in [0, 0.05) is 12.6 Å². The van der Waals surface area contributed by atoms with Crippen LogP contribution in [0.15, 0.2) is 24.3 Å². The number of benzene rings is 1. The lowest BCUT2D eigenvalue weighted by Crippen LogP contribution is -2.24. The lowest BCUT2D eigenvalue weighted by molar-refractivity contribution is 0.534. The van der Waals surface area contributed by atoms with Gasteiger partial charge in [-0.1, -0.05) is 36.8 Å². The molecule has 0 aromatic heterocycles. The van der Waals surface area contributed by atoms with Gasteiger partial charge in [0.2, 0.25) is 0 Å². The van der Waals surface area contributed by atoms with Crippen LogP contribution in [0.3, 0.4) is 0 Å². The van der Waals surface area contributed by atoms with Crippen LogP contribution < -0.4 is 5.32 Å². The van der Waals surface area contributed by atoms with Crippen LogP contribution in [-0.2, 0) is 6.54 Å². The van der Waals surface area contributed by atoms with Gasteiger partial charge in [-0.15, -0.1) is 12.4 Å². The normalized spacial score (nSPS) is 11.9. The second kappa shape index (κ2) is 6.86. The third kappa shape index (κ3) is 4.64. The Bertz CT molecular complexity index is 260. The maximum atomic E-state index is 3.48. The minimum atomic E-state index is 0. The van der Waals surface area contributed by atoms with Crippen molar-refractivity contribution >= 4 is 12.4 Å². The largest absolute Gasteiger partial charge is 0.310 e. The minimum Gasteiger partial charge on any atom is -0.310 e. The van der Waals surface area contributed by atoms with Gasteiger partial charge >= 0.3 is 0 Å². The van der Waals surface area contributed by atoms with Crippen LogP contribution in [0.1, 0.15) is 31.4 Å². The smallest absolute Gasteiger partial charge is 0.0208 e. The van der Waals surface area contributed by atoms with Gasteiger partial charge in [-0.05, 0) is 25.8 Å². The molecule has 0 aliphatic rings. The average Bonchev–Trinajstić information content (AvgIpc) is 2.14. The predicted molar refractivity (Wildman–Crippen MR) is 65.0 cm³/mol. The van der Waals surface area contributed by atoms with E-state index in [1.165, 1.54) is 17.5 Å². The molecule has 1 atom stereocenters. The summed E-state index contributed by atoms with van der Waals surface area (Å²) >= 11 is 0. The molecule has 0 radical (unpaired) electrons. The van der Waals surface area contributed by atoms with Crippen molar-refractivity contribution in [1.29, 1.82) is 0 Å². The van der Waals surface area contributed by atoms with Gasteiger partial charge in [0.1, 0.15) is 0 Å². The summed E-state index contributed by atoms with van der Waals surface area (Å²) in [5.74, 6) is 0. The molecule has 0 saturated carbocycles. The molecule has 80 valence electrons. The molecule has 0 spiro atoms. The van der Waals surface area contributed by atoms with Crippen LogP contribution in [-0.4, -0.2) is 6.04 Å². The van der Waals surface area contributed by atoms with E-state index in [9.17, 15) is 0 Å². The molecule has 0 aliphatic heterocycles. The van der Waals surface area contributed by atoms with Gasteiger partial charge in [0.05, 0.1) is 0 Å². The molecule has 1 N–H and O–H groups in total. The second-order valence-corrected chi connectivity index (χ2v) is 3.68. The van der Waals surface area contributed by atoms with Gasteiger partial charge in [0.15, 0.2) is 0 Å². The van der Waals surface area contributed by atoms with Crippen molar-refractivity contribution in [3.8, 4) is 0 Å². The fourth-order valence-corrected chi connectivity index (χ4v) is 1.26. The summed E-state index contributed by atoms with van der Waals surface area (Å²) in [7, 11) is 0. The van der Waals surface area contributed by atoms with Crippen LogP contribution in [0.2, 0.25) is 0 Å². The van der Waals surface area contributed by atoms with Gasteiger partial charge in [-0.3, -0.25) is 0 Å². The number of rotatable bonds is 4. The molecule has 1 rings (SSSR count). The molecule has 0 fully saturated rings. The molecule has 0 saturated heterocycles. The summed E-state index contributed by atoms with van der Waals surface area (Å²) < 4.78 is 0. The molecular weight excluding hydrogens is 194 g/mol. The molecule has 1 aromatic rings. The zero-order valence-electron chi connectivity index (χ0n) is 9.21. The molecule has 0 heterocycles. The Kier molecular flexibility index (Phi) is 6.60. The standard InChI is InChI=1S/C12H19N.ClH/c1-4-11(3)13-9-12-7-5-6-10(2)8-12;/h5-8,11,13H,4,9H2,1-3H3;1H. The first-order chi connectivity index (χ1) is 6.22. The lowest BCUT2D eigenvalue weighted by Gasteiger charge is -2.11. The zero-order valence-corrected chi connectivity index (χ0v) is 10.0. The topological polar surface area (TPSA) is 12.0 Å². The highest BCUT2D eigenvalue weighted by Crippen LogP contribution is 2.03. The van der Waals surface area contributed by atoms with Gasteiger partial charge < -0.3 is 5.32 Å². The van der Waals surface area contributed by atoms with E-state index in [0.29, 0.717) is 6.04 Å². The first-order valence-corrected chi connectivity index (χ1v) is 5.01. The van der Waals surface area contributed by atoms with Crippen LogP contribution in [0.25, 0.3) is 0 Å². The maximum Gasteiger partial charge on any atom is 0.0208 e. The molecule has 1 unspecified atom stereocenters. The van der Waals surface area contributed by atoms with Crippen LogP contribution in [0.4, 0.5) is 0 Å². The van der Waals surface area contributed by atoms with E-state index in [2.05, 4.69) is 50.4 Å². The van der Waals surface area contributed by atoms with E-state index in [1.54, 1.807) is 0 Å². The quantitative estimate of drug-likeness (QED) is 0.810. The van der Waals surface area contributed by atoms with E-state index in [-0.39, 0.29) is 12.4 Å². The molecule has 1 nitrogen and oxygen atoms in total. The van der Waals surface area contributed by atoms with Gasteiger partial charge in [-0.2, -0.15) is 0 Å². The first kappa shape index (κ1) is 13.5. The number of aryl methyl sites for hydroxylation is 1. The van der Waals surface area contributed by atoms with Gasteiger partial charge in [0.25, 0.3) is 0 Å². The van der Waals surface area contributed by atoms with Crippen LogP contribution in [0, 0.1) is 6.92 Å². The molecular formula is C12H20ClN. The van der Waals surface area contributed by atoms with E-state index >= 15 is 0 Å². The van der Waals surface area contributed by atoms with Crippen molar-refractivity contribution < 1.29 is 0 Å². The highest BCUT2D eigenvalue weighted by molar-refractivity contribution is 5.85. The van der Waals surface area contributed by atoms with Crippen LogP contribution >= 0.6 is 12.4 Å². The fourth-order valence-electron chi connectivity index (χ4n) is 1.26. The minimum absolute atomic E-state index is 0. The number of hydrogen-bond donors (Lipinski definition) is 1. The van der Waals surface area contributed by atoms with E-state index in [1.807, 2.05) is 0 Å². The predicted octanol–water partition coefficient (Wildman–Crippen LogP) is 3.30. The Morgan fingerprint density at radius 3 is 2.64 bits per heavy atom. The molecule has 14 heavy (non-hydrogen) atoms. The summed E-state index contributed by atoms with van der Waals surface area (Å²) in [4.78, 5) is 0. The summed E-state index contributed by atoms with van der Waals surface area (Å²) in [5, 5.41) is 3.48. The summed E-state index contributed by atoms with van der Waals surface area (Å²) in [6.07, 6.45) is 1.19. The van der Waals surface area contributed by atoms with E-state index < -0.39 is 0 Å². The highest BCUT2D eigenvalue weighted by atomic mass is 35.5. The highest BCUT2D eigenvalue weighted by Gasteiger charge is 1.97.